The molecular formula is C11H10Br2N4O2. The van der Waals surface area contributed by atoms with Crippen molar-refractivity contribution in [1.29, 1.82) is 0 Å². The number of aromatic nitrogens is 4. The highest BCUT2D eigenvalue weighted by Gasteiger charge is 2.17. The van der Waals surface area contributed by atoms with Crippen LogP contribution in [0.25, 0.3) is 11.4 Å². The summed E-state index contributed by atoms with van der Waals surface area (Å²) in [6, 6.07) is 5.62. The number of hydrogen-bond donors (Lipinski definition) is 1. The molecular weight excluding hydrogens is 380 g/mol. The van der Waals surface area contributed by atoms with Gasteiger partial charge in [-0.1, -0.05) is 22.9 Å². The van der Waals surface area contributed by atoms with Crippen molar-refractivity contribution in [2.45, 2.75) is 13.5 Å². The second-order valence-corrected chi connectivity index (χ2v) is 5.82. The fourth-order valence-corrected chi connectivity index (χ4v) is 2.75. The predicted octanol–water partition coefficient (Wildman–Crippen LogP) is 2.59. The average Bonchev–Trinajstić information content (AvgIpc) is 2.77. The Hall–Kier alpha value is -1.28. The van der Waals surface area contributed by atoms with E-state index in [1.54, 1.807) is 6.92 Å². The highest BCUT2D eigenvalue weighted by Crippen LogP contribution is 2.29. The van der Waals surface area contributed by atoms with Gasteiger partial charge in [-0.2, -0.15) is 0 Å². The van der Waals surface area contributed by atoms with Gasteiger partial charge < -0.3 is 5.11 Å². The number of tetrazole rings is 1. The quantitative estimate of drug-likeness (QED) is 0.869. The Morgan fingerprint density at radius 3 is 2.84 bits per heavy atom. The molecule has 6 nitrogen and oxygen atoms in total. The molecule has 0 radical (unpaired) electrons. The maximum atomic E-state index is 10.9. The standard InChI is InChI=1S/C11H10Br2N4O2/c1-6(11(18)19)5-17-10(14-15-16-17)8-3-2-7(12)4-9(8)13/h2-4,6H,5H2,1H3,(H,18,19). The molecule has 0 fully saturated rings. The van der Waals surface area contributed by atoms with Gasteiger partial charge in [0, 0.05) is 14.5 Å². The summed E-state index contributed by atoms with van der Waals surface area (Å²) in [6.07, 6.45) is 0. The molecule has 8 heteroatoms. The van der Waals surface area contributed by atoms with Crippen LogP contribution in [0.5, 0.6) is 0 Å². The first-order valence-electron chi connectivity index (χ1n) is 5.43. The lowest BCUT2D eigenvalue weighted by Gasteiger charge is -2.09. The van der Waals surface area contributed by atoms with Crippen LogP contribution in [0.1, 0.15) is 6.92 Å². The van der Waals surface area contributed by atoms with Crippen LogP contribution in [-0.4, -0.2) is 31.3 Å². The summed E-state index contributed by atoms with van der Waals surface area (Å²) in [5.74, 6) is -0.903. The number of aliphatic carboxylic acids is 1. The minimum Gasteiger partial charge on any atom is -0.481 e. The number of carboxylic acids is 1. The van der Waals surface area contributed by atoms with Crippen LogP contribution >= 0.6 is 31.9 Å². The summed E-state index contributed by atoms with van der Waals surface area (Å²) in [6.45, 7) is 1.84. The molecule has 1 N–H and O–H groups in total. The molecule has 100 valence electrons. The third kappa shape index (κ3) is 3.19. The van der Waals surface area contributed by atoms with E-state index in [9.17, 15) is 4.79 Å². The van der Waals surface area contributed by atoms with Crippen LogP contribution in [0.2, 0.25) is 0 Å². The zero-order valence-electron chi connectivity index (χ0n) is 9.92. The Balaban J connectivity index is 2.36. The molecule has 0 aliphatic carbocycles. The molecule has 2 aromatic rings. The van der Waals surface area contributed by atoms with E-state index < -0.39 is 11.9 Å². The van der Waals surface area contributed by atoms with E-state index in [4.69, 9.17) is 5.11 Å². The summed E-state index contributed by atoms with van der Waals surface area (Å²) in [5.41, 5.74) is 0.811. The smallest absolute Gasteiger partial charge is 0.308 e. The molecule has 0 saturated heterocycles. The summed E-state index contributed by atoms with van der Waals surface area (Å²) in [5, 5.41) is 20.3. The minimum absolute atomic E-state index is 0.222. The number of hydrogen-bond acceptors (Lipinski definition) is 4. The molecule has 19 heavy (non-hydrogen) atoms. The topological polar surface area (TPSA) is 80.9 Å². The molecule has 1 aromatic heterocycles. The number of carboxylic acid groups (broad SMARTS) is 1. The van der Waals surface area contributed by atoms with Crippen molar-refractivity contribution in [1.82, 2.24) is 20.2 Å². The van der Waals surface area contributed by atoms with Crippen molar-refractivity contribution in [3.63, 3.8) is 0 Å². The maximum absolute atomic E-state index is 10.9. The van der Waals surface area contributed by atoms with Gasteiger partial charge in [-0.05, 0) is 44.6 Å². The number of benzene rings is 1. The van der Waals surface area contributed by atoms with Gasteiger partial charge in [-0.15, -0.1) is 5.10 Å². The lowest BCUT2D eigenvalue weighted by molar-refractivity contribution is -0.141. The monoisotopic (exact) mass is 388 g/mol. The molecule has 0 bridgehead atoms. The normalized spacial score (nSPS) is 12.4. The Kier molecular flexibility index (Phi) is 4.31. The zero-order valence-corrected chi connectivity index (χ0v) is 13.1. The minimum atomic E-state index is -0.878. The number of rotatable bonds is 4. The Labute approximate surface area is 126 Å². The van der Waals surface area contributed by atoms with Crippen LogP contribution in [0.15, 0.2) is 27.1 Å². The van der Waals surface area contributed by atoms with Crippen molar-refractivity contribution in [2.75, 3.05) is 0 Å². The first-order valence-corrected chi connectivity index (χ1v) is 7.02. The van der Waals surface area contributed by atoms with Gasteiger partial charge in [0.05, 0.1) is 12.5 Å². The molecule has 1 unspecified atom stereocenters. The van der Waals surface area contributed by atoms with E-state index in [0.29, 0.717) is 5.82 Å². The van der Waals surface area contributed by atoms with Crippen LogP contribution in [0.4, 0.5) is 0 Å². The van der Waals surface area contributed by atoms with Crippen molar-refractivity contribution in [3.8, 4) is 11.4 Å². The third-order valence-corrected chi connectivity index (χ3v) is 3.72. The van der Waals surface area contributed by atoms with Crippen molar-refractivity contribution in [2.24, 2.45) is 5.92 Å². The van der Waals surface area contributed by atoms with Crippen LogP contribution in [0, 0.1) is 5.92 Å². The van der Waals surface area contributed by atoms with Crippen molar-refractivity contribution >= 4 is 37.8 Å². The Morgan fingerprint density at radius 2 is 2.21 bits per heavy atom. The fraction of sp³-hybridized carbons (Fsp3) is 0.273. The molecule has 2 rings (SSSR count). The van der Waals surface area contributed by atoms with Crippen molar-refractivity contribution in [3.05, 3.63) is 27.1 Å². The van der Waals surface area contributed by atoms with Gasteiger partial charge in [0.25, 0.3) is 0 Å². The Morgan fingerprint density at radius 1 is 1.47 bits per heavy atom. The lowest BCUT2D eigenvalue weighted by atomic mass is 10.1. The summed E-state index contributed by atoms with van der Waals surface area (Å²) in [7, 11) is 0. The van der Waals surface area contributed by atoms with Gasteiger partial charge in [0.15, 0.2) is 5.82 Å². The molecule has 0 saturated carbocycles. The molecule has 0 amide bonds. The van der Waals surface area contributed by atoms with E-state index in [0.717, 1.165) is 14.5 Å². The predicted molar refractivity (Wildman–Crippen MR) is 75.5 cm³/mol. The first kappa shape index (κ1) is 14.1. The molecule has 1 aromatic carbocycles. The van der Waals surface area contributed by atoms with E-state index in [2.05, 4.69) is 47.4 Å². The Bertz CT molecular complexity index is 614. The number of halogens is 2. The fourth-order valence-electron chi connectivity index (χ4n) is 1.53. The second kappa shape index (κ2) is 5.79. The maximum Gasteiger partial charge on any atom is 0.308 e. The van der Waals surface area contributed by atoms with E-state index in [-0.39, 0.29) is 6.54 Å². The average molecular weight is 390 g/mol. The second-order valence-electron chi connectivity index (χ2n) is 4.05. The molecule has 1 heterocycles. The third-order valence-electron chi connectivity index (χ3n) is 2.57. The summed E-state index contributed by atoms with van der Waals surface area (Å²) in [4.78, 5) is 10.9. The highest BCUT2D eigenvalue weighted by molar-refractivity contribution is 9.11. The van der Waals surface area contributed by atoms with Crippen LogP contribution < -0.4 is 0 Å². The van der Waals surface area contributed by atoms with E-state index in [1.807, 2.05) is 18.2 Å². The van der Waals surface area contributed by atoms with Crippen LogP contribution in [0.3, 0.4) is 0 Å². The molecule has 0 aliphatic heterocycles. The molecule has 0 aliphatic rings. The summed E-state index contributed by atoms with van der Waals surface area (Å²) >= 11 is 6.81. The SMILES string of the molecule is CC(Cn1nnnc1-c1ccc(Br)cc1Br)C(=O)O. The first-order chi connectivity index (χ1) is 8.99. The number of nitrogens with zero attached hydrogens (tertiary/aromatic N) is 4. The highest BCUT2D eigenvalue weighted by atomic mass is 79.9. The molecule has 0 spiro atoms. The number of carbonyl (C=O) groups is 1. The van der Waals surface area contributed by atoms with Gasteiger partial charge in [0.2, 0.25) is 0 Å². The molecule has 1 atom stereocenters. The summed E-state index contributed by atoms with van der Waals surface area (Å²) < 4.78 is 3.26. The van der Waals surface area contributed by atoms with Gasteiger partial charge in [-0.3, -0.25) is 4.79 Å². The van der Waals surface area contributed by atoms with Gasteiger partial charge in [-0.25, -0.2) is 4.68 Å². The van der Waals surface area contributed by atoms with Crippen molar-refractivity contribution < 1.29 is 9.90 Å². The zero-order chi connectivity index (χ0) is 14.0. The van der Waals surface area contributed by atoms with Gasteiger partial charge in [0.1, 0.15) is 0 Å². The largest absolute Gasteiger partial charge is 0.481 e. The van der Waals surface area contributed by atoms with E-state index >= 15 is 0 Å². The lowest BCUT2D eigenvalue weighted by Crippen LogP contribution is -2.18. The van der Waals surface area contributed by atoms with Gasteiger partial charge >= 0.3 is 5.97 Å². The van der Waals surface area contributed by atoms with E-state index in [1.165, 1.54) is 4.68 Å². The van der Waals surface area contributed by atoms with Crippen LogP contribution in [-0.2, 0) is 11.3 Å².